The van der Waals surface area contributed by atoms with Gasteiger partial charge in [-0.05, 0) is 73.0 Å². The van der Waals surface area contributed by atoms with E-state index in [1.807, 2.05) is 61.5 Å². The monoisotopic (exact) mass is 489 g/mol. The first kappa shape index (κ1) is 25.0. The van der Waals surface area contributed by atoms with E-state index >= 15 is 0 Å². The molecule has 0 atom stereocenters. The van der Waals surface area contributed by atoms with E-state index in [1.165, 1.54) is 5.56 Å². The van der Waals surface area contributed by atoms with Crippen molar-refractivity contribution in [1.82, 2.24) is 5.32 Å². The number of methoxy groups -OCH3 is 2. The quantitative estimate of drug-likeness (QED) is 0.301. The Morgan fingerprint density at radius 3 is 2.15 bits per heavy atom. The van der Waals surface area contributed by atoms with Gasteiger partial charge in [0.1, 0.15) is 6.61 Å². The summed E-state index contributed by atoms with van der Waals surface area (Å²) in [5, 5.41) is 4.67. The lowest BCUT2D eigenvalue weighted by Gasteiger charge is -2.16. The second-order valence-electron chi connectivity index (χ2n) is 7.37. The van der Waals surface area contributed by atoms with Gasteiger partial charge in [0.15, 0.2) is 23.0 Å². The second kappa shape index (κ2) is 12.6. The van der Waals surface area contributed by atoms with Crippen molar-refractivity contribution in [2.24, 2.45) is 0 Å². The van der Waals surface area contributed by atoms with Crippen LogP contribution in [0.4, 0.5) is 0 Å². The third-order valence-corrected chi connectivity index (χ3v) is 5.57. The molecule has 0 heterocycles. The molecule has 176 valence electrons. The molecule has 0 saturated carbocycles. The van der Waals surface area contributed by atoms with Gasteiger partial charge in [0.2, 0.25) is 0 Å². The average molecular weight is 490 g/mol. The summed E-state index contributed by atoms with van der Waals surface area (Å²) >= 11 is 12.5. The van der Waals surface area contributed by atoms with Crippen LogP contribution in [-0.4, -0.2) is 27.4 Å². The summed E-state index contributed by atoms with van der Waals surface area (Å²) in [7, 11) is 3.27. The van der Waals surface area contributed by atoms with Crippen LogP contribution in [0.1, 0.15) is 23.6 Å². The van der Waals surface area contributed by atoms with Gasteiger partial charge in [0, 0.05) is 11.6 Å². The molecular formula is C26H29Cl2NO4. The number of rotatable bonds is 12. The molecule has 33 heavy (non-hydrogen) atoms. The Hall–Kier alpha value is -2.60. The Bertz CT molecular complexity index is 1040. The summed E-state index contributed by atoms with van der Waals surface area (Å²) in [6.07, 6.45) is 0.856. The predicted molar refractivity (Wildman–Crippen MR) is 133 cm³/mol. The smallest absolute Gasteiger partial charge is 0.180 e. The molecule has 0 aliphatic heterocycles. The van der Waals surface area contributed by atoms with Crippen LogP contribution in [0.3, 0.4) is 0 Å². The average Bonchev–Trinajstić information content (AvgIpc) is 2.82. The van der Waals surface area contributed by atoms with Crippen molar-refractivity contribution in [2.75, 3.05) is 27.4 Å². The zero-order valence-electron chi connectivity index (χ0n) is 19.1. The molecule has 0 aliphatic rings. The maximum Gasteiger partial charge on any atom is 0.180 e. The number of nitrogens with one attached hydrogen (secondary N) is 1. The normalized spacial score (nSPS) is 10.7. The number of hydrogen-bond acceptors (Lipinski definition) is 5. The van der Waals surface area contributed by atoms with Crippen LogP contribution in [0.5, 0.6) is 23.0 Å². The summed E-state index contributed by atoms with van der Waals surface area (Å²) in [6, 6.07) is 17.4. The summed E-state index contributed by atoms with van der Waals surface area (Å²) in [5.41, 5.74) is 3.19. The standard InChI is InChI=1S/C26H29Cl2NO4/c1-4-32-25-15-20(13-22(28)26(25)33-17-19-5-8-21(27)9-6-19)16-29-12-11-18-7-10-23(30-2)24(14-18)31-3/h5-10,13-15,29H,4,11-12,16-17H2,1-3H3. The number of benzene rings is 3. The van der Waals surface area contributed by atoms with Gasteiger partial charge in [-0.2, -0.15) is 0 Å². The molecular weight excluding hydrogens is 461 g/mol. The van der Waals surface area contributed by atoms with Gasteiger partial charge in [0.05, 0.1) is 25.8 Å². The molecule has 7 heteroatoms. The van der Waals surface area contributed by atoms with E-state index in [1.54, 1.807) is 14.2 Å². The van der Waals surface area contributed by atoms with Gasteiger partial charge < -0.3 is 24.3 Å². The highest BCUT2D eigenvalue weighted by atomic mass is 35.5. The largest absolute Gasteiger partial charge is 0.493 e. The van der Waals surface area contributed by atoms with E-state index in [4.69, 9.17) is 42.1 Å². The molecule has 3 aromatic carbocycles. The third kappa shape index (κ3) is 7.19. The molecule has 3 aromatic rings. The molecule has 0 amide bonds. The molecule has 0 fully saturated rings. The van der Waals surface area contributed by atoms with Crippen LogP contribution < -0.4 is 24.3 Å². The number of halogens is 2. The van der Waals surface area contributed by atoms with Crippen LogP contribution in [0, 0.1) is 0 Å². The minimum absolute atomic E-state index is 0.375. The van der Waals surface area contributed by atoms with Crippen molar-refractivity contribution in [3.8, 4) is 23.0 Å². The van der Waals surface area contributed by atoms with Gasteiger partial charge in [-0.1, -0.05) is 41.4 Å². The third-order valence-electron chi connectivity index (χ3n) is 5.03. The summed E-state index contributed by atoms with van der Waals surface area (Å²) in [4.78, 5) is 0. The first-order chi connectivity index (χ1) is 16.0. The lowest BCUT2D eigenvalue weighted by molar-refractivity contribution is 0.269. The van der Waals surface area contributed by atoms with E-state index in [0.717, 1.165) is 35.6 Å². The molecule has 5 nitrogen and oxygen atoms in total. The van der Waals surface area contributed by atoms with E-state index in [2.05, 4.69) is 5.32 Å². The van der Waals surface area contributed by atoms with Crippen LogP contribution in [0.25, 0.3) is 0 Å². The zero-order valence-corrected chi connectivity index (χ0v) is 20.6. The second-order valence-corrected chi connectivity index (χ2v) is 8.21. The van der Waals surface area contributed by atoms with E-state index in [9.17, 15) is 0 Å². The van der Waals surface area contributed by atoms with E-state index in [0.29, 0.717) is 41.3 Å². The van der Waals surface area contributed by atoms with Crippen molar-refractivity contribution in [2.45, 2.75) is 26.5 Å². The zero-order chi connectivity index (χ0) is 23.6. The number of hydrogen-bond donors (Lipinski definition) is 1. The molecule has 0 bridgehead atoms. The van der Waals surface area contributed by atoms with Crippen LogP contribution >= 0.6 is 23.2 Å². The highest BCUT2D eigenvalue weighted by Gasteiger charge is 2.13. The Morgan fingerprint density at radius 1 is 0.758 bits per heavy atom. The topological polar surface area (TPSA) is 49.0 Å². The lowest BCUT2D eigenvalue weighted by Crippen LogP contribution is -2.17. The summed E-state index contributed by atoms with van der Waals surface area (Å²) < 4.78 is 22.5. The first-order valence-corrected chi connectivity index (χ1v) is 11.5. The lowest BCUT2D eigenvalue weighted by atomic mass is 10.1. The van der Waals surface area contributed by atoms with Crippen LogP contribution in [0.15, 0.2) is 54.6 Å². The van der Waals surface area contributed by atoms with E-state index < -0.39 is 0 Å². The molecule has 0 aromatic heterocycles. The molecule has 3 rings (SSSR count). The Kier molecular flexibility index (Phi) is 9.55. The fraction of sp³-hybridized carbons (Fsp3) is 0.308. The molecule has 0 saturated heterocycles. The molecule has 0 spiro atoms. The summed E-state index contributed by atoms with van der Waals surface area (Å²) in [6.45, 7) is 4.28. The maximum absolute atomic E-state index is 6.55. The Balaban J connectivity index is 1.59. The van der Waals surface area contributed by atoms with Crippen molar-refractivity contribution >= 4 is 23.2 Å². The predicted octanol–water partition coefficient (Wildman–Crippen LogP) is 6.32. The van der Waals surface area contributed by atoms with Gasteiger partial charge in [-0.25, -0.2) is 0 Å². The number of ether oxygens (including phenoxy) is 4. The Labute approximate surface area is 205 Å². The first-order valence-electron chi connectivity index (χ1n) is 10.8. The van der Waals surface area contributed by atoms with E-state index in [-0.39, 0.29) is 0 Å². The SMILES string of the molecule is CCOc1cc(CNCCc2ccc(OC)c(OC)c2)cc(Cl)c1OCc1ccc(Cl)cc1. The highest BCUT2D eigenvalue weighted by Crippen LogP contribution is 2.37. The fourth-order valence-electron chi connectivity index (χ4n) is 3.36. The fourth-order valence-corrected chi connectivity index (χ4v) is 3.78. The maximum atomic E-state index is 6.55. The van der Waals surface area contributed by atoms with Crippen molar-refractivity contribution in [3.63, 3.8) is 0 Å². The molecule has 0 aliphatic carbocycles. The van der Waals surface area contributed by atoms with Crippen molar-refractivity contribution < 1.29 is 18.9 Å². The Morgan fingerprint density at radius 2 is 1.45 bits per heavy atom. The van der Waals surface area contributed by atoms with Crippen molar-refractivity contribution in [3.05, 3.63) is 81.3 Å². The molecule has 0 radical (unpaired) electrons. The van der Waals surface area contributed by atoms with Crippen LogP contribution in [-0.2, 0) is 19.6 Å². The minimum Gasteiger partial charge on any atom is -0.493 e. The molecule has 0 unspecified atom stereocenters. The van der Waals surface area contributed by atoms with Gasteiger partial charge in [-0.3, -0.25) is 0 Å². The van der Waals surface area contributed by atoms with Gasteiger partial charge in [-0.15, -0.1) is 0 Å². The van der Waals surface area contributed by atoms with Gasteiger partial charge in [0.25, 0.3) is 0 Å². The van der Waals surface area contributed by atoms with Crippen molar-refractivity contribution in [1.29, 1.82) is 0 Å². The van der Waals surface area contributed by atoms with Crippen LogP contribution in [0.2, 0.25) is 10.0 Å². The summed E-state index contributed by atoms with van der Waals surface area (Å²) in [5.74, 6) is 2.64. The minimum atomic E-state index is 0.375. The highest BCUT2D eigenvalue weighted by molar-refractivity contribution is 6.32. The van der Waals surface area contributed by atoms with Gasteiger partial charge >= 0.3 is 0 Å². The molecule has 1 N–H and O–H groups in total.